The van der Waals surface area contributed by atoms with Crippen molar-refractivity contribution >= 4 is 5.82 Å². The van der Waals surface area contributed by atoms with Crippen molar-refractivity contribution in [1.82, 2.24) is 19.4 Å². The molecule has 30 heavy (non-hydrogen) atoms. The van der Waals surface area contributed by atoms with Crippen molar-refractivity contribution in [2.45, 2.75) is 39.4 Å². The van der Waals surface area contributed by atoms with Crippen LogP contribution in [-0.4, -0.2) is 45.7 Å². The van der Waals surface area contributed by atoms with Crippen LogP contribution >= 0.6 is 0 Å². The number of nitrogen functional groups attached to an aromatic ring is 1. The van der Waals surface area contributed by atoms with Gasteiger partial charge in [0.15, 0.2) is 0 Å². The fraction of sp³-hybridized carbons (Fsp3) is 0.619. The van der Waals surface area contributed by atoms with Crippen LogP contribution in [0.1, 0.15) is 38.2 Å². The number of piperidine rings is 1. The van der Waals surface area contributed by atoms with Gasteiger partial charge in [-0.25, -0.2) is 14.4 Å². The molecular formula is C21H27F4N5. The Morgan fingerprint density at radius 3 is 2.40 bits per heavy atom. The van der Waals surface area contributed by atoms with Gasteiger partial charge in [0.25, 0.3) is 0 Å². The predicted molar refractivity (Wildman–Crippen MR) is 106 cm³/mol. The summed E-state index contributed by atoms with van der Waals surface area (Å²) < 4.78 is 54.6. The molecule has 2 aromatic rings. The van der Waals surface area contributed by atoms with Crippen molar-refractivity contribution < 1.29 is 17.6 Å². The third-order valence-corrected chi connectivity index (χ3v) is 5.96. The Labute approximate surface area is 173 Å². The van der Waals surface area contributed by atoms with Gasteiger partial charge in [0.1, 0.15) is 18.3 Å². The molecular weight excluding hydrogens is 398 g/mol. The maximum atomic E-state index is 13.3. The second-order valence-corrected chi connectivity index (χ2v) is 9.61. The lowest BCUT2D eigenvalue weighted by atomic mass is 9.92. The second kappa shape index (κ2) is 7.21. The molecule has 9 heteroatoms. The number of hydrogen-bond acceptors (Lipinski definition) is 4. The fourth-order valence-electron chi connectivity index (χ4n) is 4.57. The molecule has 1 aliphatic heterocycles. The lowest BCUT2D eigenvalue weighted by Crippen LogP contribution is -2.27. The number of pyridine rings is 1. The van der Waals surface area contributed by atoms with E-state index >= 15 is 0 Å². The molecule has 5 nitrogen and oxygen atoms in total. The minimum atomic E-state index is -4.57. The number of alkyl halides is 4. The van der Waals surface area contributed by atoms with Crippen LogP contribution in [0.5, 0.6) is 0 Å². The Kier molecular flexibility index (Phi) is 5.07. The number of hydrogen-bond donors (Lipinski definition) is 1. The van der Waals surface area contributed by atoms with Gasteiger partial charge in [-0.2, -0.15) is 13.2 Å². The van der Waals surface area contributed by atoms with Crippen molar-refractivity contribution in [3.05, 3.63) is 29.8 Å². The largest absolute Gasteiger partial charge is 0.419 e. The first-order chi connectivity index (χ1) is 14.0. The molecule has 4 rings (SSSR count). The van der Waals surface area contributed by atoms with Crippen molar-refractivity contribution in [3.8, 4) is 11.3 Å². The average molecular weight is 425 g/mol. The van der Waals surface area contributed by atoms with Gasteiger partial charge >= 0.3 is 6.18 Å². The van der Waals surface area contributed by atoms with Crippen LogP contribution in [0.4, 0.5) is 23.4 Å². The van der Waals surface area contributed by atoms with Crippen molar-refractivity contribution in [3.63, 3.8) is 0 Å². The highest BCUT2D eigenvalue weighted by molar-refractivity contribution is 5.62. The Morgan fingerprint density at radius 2 is 1.83 bits per heavy atom. The number of fused-ring (bicyclic) bond motifs is 1. The molecule has 2 fully saturated rings. The standard InChI is InChI=1S/C21H27F4N5/c1-20(2,3)7-17-28-16(12-6-15(21(23,24)25)19(26)27-8-12)11-30(17)18-13-9-29(5-4-22)10-14(13)18/h6,8,11,13-14,18H,4-5,7,9-10H2,1-3H3,(H2,26,27)/t13-,14+,18-. The Morgan fingerprint density at radius 1 is 1.17 bits per heavy atom. The first-order valence-corrected chi connectivity index (χ1v) is 10.2. The van der Waals surface area contributed by atoms with Gasteiger partial charge in [0.05, 0.1) is 11.3 Å². The molecule has 0 radical (unpaired) electrons. The number of halogens is 4. The van der Waals surface area contributed by atoms with Crippen LogP contribution in [0.3, 0.4) is 0 Å². The number of likely N-dealkylation sites (tertiary alicyclic amines) is 1. The van der Waals surface area contributed by atoms with Gasteiger partial charge in [-0.1, -0.05) is 20.8 Å². The zero-order valence-corrected chi connectivity index (χ0v) is 17.4. The Bertz CT molecular complexity index is 918. The summed E-state index contributed by atoms with van der Waals surface area (Å²) in [7, 11) is 0. The molecule has 1 saturated carbocycles. The summed E-state index contributed by atoms with van der Waals surface area (Å²) in [6.45, 7) is 8.13. The summed E-state index contributed by atoms with van der Waals surface area (Å²) in [6.07, 6.45) is -0.686. The number of rotatable bonds is 5. The quantitative estimate of drug-likeness (QED) is 0.730. The van der Waals surface area contributed by atoms with E-state index in [0.29, 0.717) is 36.1 Å². The summed E-state index contributed by atoms with van der Waals surface area (Å²) in [5.41, 5.74) is 5.24. The number of aromatic nitrogens is 3. The molecule has 0 spiro atoms. The highest BCUT2D eigenvalue weighted by atomic mass is 19.4. The zero-order valence-electron chi connectivity index (χ0n) is 17.4. The van der Waals surface area contributed by atoms with Gasteiger partial charge in [-0.3, -0.25) is 0 Å². The lowest BCUT2D eigenvalue weighted by molar-refractivity contribution is -0.137. The molecule has 1 saturated heterocycles. The van der Waals surface area contributed by atoms with E-state index in [2.05, 4.69) is 35.2 Å². The van der Waals surface area contributed by atoms with E-state index in [9.17, 15) is 17.6 Å². The SMILES string of the molecule is CC(C)(C)Cc1nc(-c2cnc(N)c(C(F)(F)F)c2)cn1[C@@H]1[C@@H]2CN(CCF)C[C@@H]21. The molecule has 3 atom stereocenters. The van der Waals surface area contributed by atoms with E-state index in [1.54, 1.807) is 0 Å². The lowest BCUT2D eigenvalue weighted by Gasteiger charge is -2.21. The Hall–Kier alpha value is -2.16. The molecule has 164 valence electrons. The van der Waals surface area contributed by atoms with Crippen LogP contribution in [0.2, 0.25) is 0 Å². The van der Waals surface area contributed by atoms with Gasteiger partial charge in [-0.05, 0) is 23.3 Å². The number of anilines is 1. The minimum absolute atomic E-state index is 0.0267. The van der Waals surface area contributed by atoms with Crippen molar-refractivity contribution in [2.75, 3.05) is 32.0 Å². The second-order valence-electron chi connectivity index (χ2n) is 9.61. The van der Waals surface area contributed by atoms with Crippen LogP contribution in [-0.2, 0) is 12.6 Å². The fourth-order valence-corrected chi connectivity index (χ4v) is 4.57. The molecule has 0 unspecified atom stereocenters. The van der Waals surface area contributed by atoms with E-state index in [0.717, 1.165) is 25.0 Å². The summed E-state index contributed by atoms with van der Waals surface area (Å²) in [4.78, 5) is 10.6. The number of nitrogens with two attached hydrogens (primary N) is 1. The summed E-state index contributed by atoms with van der Waals surface area (Å²) in [6, 6.07) is 1.29. The molecule has 0 amide bonds. The van der Waals surface area contributed by atoms with Crippen LogP contribution < -0.4 is 5.73 Å². The molecule has 3 heterocycles. The minimum Gasteiger partial charge on any atom is -0.383 e. The third kappa shape index (κ3) is 4.04. The van der Waals surface area contributed by atoms with Crippen molar-refractivity contribution in [2.24, 2.45) is 17.3 Å². The maximum absolute atomic E-state index is 13.3. The Balaban J connectivity index is 1.66. The van der Waals surface area contributed by atoms with E-state index in [4.69, 9.17) is 10.7 Å². The van der Waals surface area contributed by atoms with E-state index < -0.39 is 17.6 Å². The summed E-state index contributed by atoms with van der Waals surface area (Å²) in [5, 5.41) is 0. The molecule has 0 aromatic carbocycles. The number of nitrogens with zero attached hydrogens (tertiary/aromatic N) is 4. The smallest absolute Gasteiger partial charge is 0.383 e. The first kappa shape index (κ1) is 21.1. The molecule has 1 aliphatic carbocycles. The van der Waals surface area contributed by atoms with Crippen LogP contribution in [0, 0.1) is 17.3 Å². The molecule has 2 N–H and O–H groups in total. The highest BCUT2D eigenvalue weighted by Gasteiger charge is 2.57. The molecule has 2 aliphatic rings. The highest BCUT2D eigenvalue weighted by Crippen LogP contribution is 2.56. The summed E-state index contributed by atoms with van der Waals surface area (Å²) in [5.74, 6) is 1.20. The van der Waals surface area contributed by atoms with Gasteiger partial charge in [-0.15, -0.1) is 0 Å². The van der Waals surface area contributed by atoms with E-state index in [1.807, 2.05) is 6.20 Å². The van der Waals surface area contributed by atoms with Gasteiger partial charge < -0.3 is 15.2 Å². The normalized spacial score (nSPS) is 24.3. The monoisotopic (exact) mass is 425 g/mol. The molecule has 0 bridgehead atoms. The van der Waals surface area contributed by atoms with Gasteiger partial charge in [0.2, 0.25) is 0 Å². The zero-order chi connectivity index (χ0) is 21.8. The van der Waals surface area contributed by atoms with Gasteiger partial charge in [0, 0.05) is 50.1 Å². The summed E-state index contributed by atoms with van der Waals surface area (Å²) >= 11 is 0. The van der Waals surface area contributed by atoms with Crippen LogP contribution in [0.15, 0.2) is 18.5 Å². The van der Waals surface area contributed by atoms with Crippen molar-refractivity contribution in [1.29, 1.82) is 0 Å². The van der Waals surface area contributed by atoms with E-state index in [-0.39, 0.29) is 18.1 Å². The predicted octanol–water partition coefficient (Wildman–Crippen LogP) is 4.21. The first-order valence-electron chi connectivity index (χ1n) is 10.2. The van der Waals surface area contributed by atoms with Crippen LogP contribution in [0.25, 0.3) is 11.3 Å². The van der Waals surface area contributed by atoms with E-state index in [1.165, 1.54) is 6.20 Å². The molecule has 2 aromatic heterocycles. The topological polar surface area (TPSA) is 60.0 Å². The third-order valence-electron chi connectivity index (χ3n) is 5.96. The average Bonchev–Trinajstić information content (AvgIpc) is 2.96. The number of imidazole rings is 1. The maximum Gasteiger partial charge on any atom is 0.419 e.